The number of hydrogen-bond donors (Lipinski definition) is 1. The second kappa shape index (κ2) is 11.5. The Hall–Kier alpha value is -4.31. The van der Waals surface area contributed by atoms with Gasteiger partial charge in [-0.15, -0.1) is 0 Å². The summed E-state index contributed by atoms with van der Waals surface area (Å²) in [5, 5.41) is 0.537. The third-order valence-electron chi connectivity index (χ3n) is 7.55. The molecule has 1 aromatic heterocycles. The first-order valence-electron chi connectivity index (χ1n) is 13.6. The molecule has 2 amide bonds. The van der Waals surface area contributed by atoms with Gasteiger partial charge >= 0.3 is 0 Å². The van der Waals surface area contributed by atoms with E-state index < -0.39 is 29.7 Å². The van der Waals surface area contributed by atoms with Gasteiger partial charge in [-0.25, -0.2) is 4.98 Å². The third-order valence-corrected chi connectivity index (χ3v) is 7.79. The Morgan fingerprint density at radius 2 is 1.93 bits per heavy atom. The summed E-state index contributed by atoms with van der Waals surface area (Å²) < 4.78 is 11.8. The average molecular weight is 585 g/mol. The summed E-state index contributed by atoms with van der Waals surface area (Å²) in [6, 6.07) is 17.2. The standard InChI is InChI=1S/C32H29ClN4O5/c1-19-12-20(2)28-25(13-19)30(38)32(40)37(28)29(27-17-41-10-11-42-27)31(39)36(16-21-4-3-5-23(33)14-21)24-8-6-22(7-9-24)26-15-34-18-35-26/h3-9,12-15,18,27,29H,10-11,16-17H2,1-2H3,(H,34,35). The van der Waals surface area contributed by atoms with Crippen molar-refractivity contribution in [1.82, 2.24) is 9.97 Å². The zero-order valence-corrected chi connectivity index (χ0v) is 23.9. The van der Waals surface area contributed by atoms with Crippen molar-refractivity contribution in [3.8, 4) is 11.3 Å². The van der Waals surface area contributed by atoms with E-state index in [9.17, 15) is 14.4 Å². The molecule has 0 saturated carbocycles. The quantitative estimate of drug-likeness (QED) is 0.310. The maximum Gasteiger partial charge on any atom is 0.300 e. The van der Waals surface area contributed by atoms with Gasteiger partial charge in [0.15, 0.2) is 0 Å². The number of amides is 2. The van der Waals surface area contributed by atoms with Crippen LogP contribution in [0.5, 0.6) is 0 Å². The molecule has 9 nitrogen and oxygen atoms in total. The van der Waals surface area contributed by atoms with Crippen molar-refractivity contribution < 1.29 is 23.9 Å². The lowest BCUT2D eigenvalue weighted by Crippen LogP contribution is -2.59. The highest BCUT2D eigenvalue weighted by atomic mass is 35.5. The first kappa shape index (κ1) is 27.8. The molecular formula is C32H29ClN4O5. The number of fused-ring (bicyclic) bond motifs is 1. The molecule has 10 heteroatoms. The van der Waals surface area contributed by atoms with E-state index in [1.807, 2.05) is 56.3 Å². The number of nitrogens with zero attached hydrogens (tertiary/aromatic N) is 3. The lowest BCUT2D eigenvalue weighted by molar-refractivity contribution is -0.136. The molecule has 1 fully saturated rings. The normalized spacial score (nSPS) is 17.3. The predicted octanol–water partition coefficient (Wildman–Crippen LogP) is 4.89. The first-order valence-corrected chi connectivity index (χ1v) is 14.0. The van der Waals surface area contributed by atoms with Gasteiger partial charge in [-0.1, -0.05) is 41.9 Å². The molecule has 214 valence electrons. The molecule has 42 heavy (non-hydrogen) atoms. The van der Waals surface area contributed by atoms with E-state index in [1.165, 1.54) is 4.90 Å². The monoisotopic (exact) mass is 584 g/mol. The van der Waals surface area contributed by atoms with Gasteiger partial charge in [0.2, 0.25) is 0 Å². The van der Waals surface area contributed by atoms with E-state index in [1.54, 1.807) is 35.6 Å². The van der Waals surface area contributed by atoms with Crippen LogP contribution in [-0.4, -0.2) is 59.5 Å². The van der Waals surface area contributed by atoms with Gasteiger partial charge in [-0.2, -0.15) is 0 Å². The van der Waals surface area contributed by atoms with E-state index in [2.05, 4.69) is 9.97 Å². The van der Waals surface area contributed by atoms with Gasteiger partial charge in [0.25, 0.3) is 17.6 Å². The largest absolute Gasteiger partial charge is 0.376 e. The Kier molecular flexibility index (Phi) is 7.64. The Bertz CT molecular complexity index is 1650. The van der Waals surface area contributed by atoms with Crippen LogP contribution in [0.25, 0.3) is 11.3 Å². The summed E-state index contributed by atoms with van der Waals surface area (Å²) in [7, 11) is 0. The van der Waals surface area contributed by atoms with Crippen LogP contribution in [0.1, 0.15) is 27.0 Å². The SMILES string of the molecule is Cc1cc(C)c2c(c1)C(=O)C(=O)N2C(C(=O)N(Cc1cccc(Cl)c1)c1ccc(-c2cnc[nH]2)cc1)C1COCCO1. The number of carbonyl (C=O) groups excluding carboxylic acids is 3. The molecule has 3 heterocycles. The molecule has 2 unspecified atom stereocenters. The number of benzene rings is 3. The minimum atomic E-state index is -1.16. The summed E-state index contributed by atoms with van der Waals surface area (Å²) in [6.45, 7) is 4.61. The van der Waals surface area contributed by atoms with Crippen molar-refractivity contribution in [1.29, 1.82) is 0 Å². The lowest BCUT2D eigenvalue weighted by Gasteiger charge is -2.38. The van der Waals surface area contributed by atoms with Crippen LogP contribution in [0.4, 0.5) is 11.4 Å². The van der Waals surface area contributed by atoms with E-state index in [-0.39, 0.29) is 25.3 Å². The topological polar surface area (TPSA) is 105 Å². The van der Waals surface area contributed by atoms with Gasteiger partial charge < -0.3 is 19.4 Å². The average Bonchev–Trinajstić information content (AvgIpc) is 3.61. The van der Waals surface area contributed by atoms with Crippen LogP contribution < -0.4 is 9.80 Å². The number of H-pyrrole nitrogens is 1. The molecule has 3 aromatic carbocycles. The fourth-order valence-electron chi connectivity index (χ4n) is 5.68. The summed E-state index contributed by atoms with van der Waals surface area (Å²) in [4.78, 5) is 51.8. The molecule has 0 bridgehead atoms. The van der Waals surface area contributed by atoms with Gasteiger partial charge in [0, 0.05) is 10.7 Å². The molecule has 4 aromatic rings. The van der Waals surface area contributed by atoms with Gasteiger partial charge in [-0.3, -0.25) is 19.3 Å². The maximum absolute atomic E-state index is 14.8. The second-order valence-corrected chi connectivity index (χ2v) is 10.9. The number of ketones is 1. The van der Waals surface area contributed by atoms with Crippen molar-refractivity contribution in [2.75, 3.05) is 29.6 Å². The Morgan fingerprint density at radius 3 is 2.62 bits per heavy atom. The molecule has 6 rings (SSSR count). The summed E-state index contributed by atoms with van der Waals surface area (Å²) >= 11 is 6.30. The van der Waals surface area contributed by atoms with Crippen LogP contribution >= 0.6 is 11.6 Å². The Labute approximate surface area is 248 Å². The fourth-order valence-corrected chi connectivity index (χ4v) is 5.89. The molecule has 2 aliphatic heterocycles. The maximum atomic E-state index is 14.8. The van der Waals surface area contributed by atoms with Crippen LogP contribution in [-0.2, 0) is 25.6 Å². The molecule has 0 spiro atoms. The van der Waals surface area contributed by atoms with Crippen LogP contribution in [0.2, 0.25) is 5.02 Å². The van der Waals surface area contributed by atoms with Crippen molar-refractivity contribution in [3.63, 3.8) is 0 Å². The van der Waals surface area contributed by atoms with E-state index in [0.29, 0.717) is 23.0 Å². The lowest BCUT2D eigenvalue weighted by atomic mass is 10.0. The van der Waals surface area contributed by atoms with Crippen LogP contribution in [0, 0.1) is 13.8 Å². The molecule has 1 saturated heterocycles. The third kappa shape index (κ3) is 5.22. The highest BCUT2D eigenvalue weighted by Gasteiger charge is 2.49. The minimum absolute atomic E-state index is 0.0956. The molecule has 1 N–H and O–H groups in total. The number of rotatable bonds is 7. The minimum Gasteiger partial charge on any atom is -0.376 e. The number of imidazole rings is 1. The highest BCUT2D eigenvalue weighted by Crippen LogP contribution is 2.37. The molecule has 0 radical (unpaired) electrons. The van der Waals surface area contributed by atoms with Crippen molar-refractivity contribution in [3.05, 3.63) is 100 Å². The number of Topliss-reactive ketones (excluding diaryl/α,β-unsaturated/α-hetero) is 1. The number of aromatic nitrogens is 2. The zero-order chi connectivity index (χ0) is 29.4. The van der Waals surface area contributed by atoms with Crippen LogP contribution in [0.3, 0.4) is 0 Å². The van der Waals surface area contributed by atoms with E-state index >= 15 is 0 Å². The first-order chi connectivity index (χ1) is 20.3. The molecule has 0 aliphatic carbocycles. The number of aromatic amines is 1. The summed E-state index contributed by atoms with van der Waals surface area (Å²) in [6.07, 6.45) is 2.53. The number of anilines is 2. The summed E-state index contributed by atoms with van der Waals surface area (Å²) in [5.41, 5.74) is 5.43. The molecule has 2 aliphatic rings. The van der Waals surface area contributed by atoms with Gasteiger partial charge in [0.1, 0.15) is 12.1 Å². The molecule has 2 atom stereocenters. The van der Waals surface area contributed by atoms with Crippen LogP contribution in [0.15, 0.2) is 73.2 Å². The van der Waals surface area contributed by atoms with Gasteiger partial charge in [-0.05, 0) is 66.4 Å². The number of ether oxygens (including phenoxy) is 2. The van der Waals surface area contributed by atoms with Crippen molar-refractivity contribution in [2.45, 2.75) is 32.5 Å². The zero-order valence-electron chi connectivity index (χ0n) is 23.2. The predicted molar refractivity (Wildman–Crippen MR) is 159 cm³/mol. The van der Waals surface area contributed by atoms with Crippen molar-refractivity contribution >= 4 is 40.6 Å². The highest BCUT2D eigenvalue weighted by molar-refractivity contribution is 6.53. The number of carbonyl (C=O) groups is 3. The number of halogens is 1. The second-order valence-electron chi connectivity index (χ2n) is 10.5. The number of hydrogen-bond acceptors (Lipinski definition) is 6. The van der Waals surface area contributed by atoms with Gasteiger partial charge in [0.05, 0.1) is 55.8 Å². The molecular weight excluding hydrogens is 556 g/mol. The Morgan fingerprint density at radius 1 is 1.12 bits per heavy atom. The number of nitrogens with one attached hydrogen (secondary N) is 1. The Balaban J connectivity index is 1.46. The smallest absolute Gasteiger partial charge is 0.300 e. The van der Waals surface area contributed by atoms with Crippen molar-refractivity contribution in [2.24, 2.45) is 0 Å². The number of aryl methyl sites for hydroxylation is 2. The van der Waals surface area contributed by atoms with E-state index in [4.69, 9.17) is 21.1 Å². The fraction of sp³-hybridized carbons (Fsp3) is 0.250. The van der Waals surface area contributed by atoms with E-state index in [0.717, 1.165) is 27.9 Å². The summed E-state index contributed by atoms with van der Waals surface area (Å²) in [5.74, 6) is -1.81.